The highest BCUT2D eigenvalue weighted by atomic mass is 16.1. The standard InChI is InChI=1S/C41H33NO/c1-42-37-24-14-13-23-36(37)40(26-32-21-11-12-22-33(32)27-40)41(42)28-34(29-15-5-2-6-16-29)25-35(30-17-7-3-8-18-30)38(41)39(43)31-19-9-4-10-20-31/h2-25,28,38H,26-27H2,1H3/t38-,41-/m1/s1. The Morgan fingerprint density at radius 2 is 1.19 bits per heavy atom. The molecule has 2 aliphatic carbocycles. The lowest BCUT2D eigenvalue weighted by atomic mass is 9.54. The van der Waals surface area contributed by atoms with Crippen molar-refractivity contribution < 1.29 is 4.79 Å². The van der Waals surface area contributed by atoms with Crippen molar-refractivity contribution in [1.29, 1.82) is 0 Å². The van der Waals surface area contributed by atoms with Gasteiger partial charge in [0, 0.05) is 23.7 Å². The van der Waals surface area contributed by atoms with Gasteiger partial charge in [0.1, 0.15) is 0 Å². The number of nitrogens with zero attached hydrogens (tertiary/aromatic N) is 1. The van der Waals surface area contributed by atoms with Gasteiger partial charge in [-0.2, -0.15) is 0 Å². The van der Waals surface area contributed by atoms with Gasteiger partial charge in [0.2, 0.25) is 0 Å². The average molecular weight is 556 g/mol. The molecule has 2 heteroatoms. The molecule has 0 saturated heterocycles. The first kappa shape index (κ1) is 25.7. The van der Waals surface area contributed by atoms with Crippen LogP contribution in [0.15, 0.2) is 152 Å². The number of carbonyl (C=O) groups excluding carboxylic acids is 1. The Bertz CT molecular complexity index is 1880. The number of benzene rings is 5. The molecule has 208 valence electrons. The Kier molecular flexibility index (Phi) is 5.87. The largest absolute Gasteiger partial charge is 0.363 e. The summed E-state index contributed by atoms with van der Waals surface area (Å²) >= 11 is 0. The summed E-state index contributed by atoms with van der Waals surface area (Å²) in [7, 11) is 2.22. The van der Waals surface area contributed by atoms with Gasteiger partial charge in [-0.15, -0.1) is 0 Å². The third-order valence-corrected chi connectivity index (χ3v) is 10.2. The van der Waals surface area contributed by atoms with Crippen molar-refractivity contribution in [3.63, 3.8) is 0 Å². The molecule has 2 spiro atoms. The Morgan fingerprint density at radius 3 is 1.84 bits per heavy atom. The average Bonchev–Trinajstić information content (AvgIpc) is 3.56. The van der Waals surface area contributed by atoms with E-state index in [0.717, 1.165) is 40.7 Å². The van der Waals surface area contributed by atoms with E-state index in [-0.39, 0.29) is 11.2 Å². The molecule has 0 aromatic heterocycles. The molecule has 2 nitrogen and oxygen atoms in total. The summed E-state index contributed by atoms with van der Waals surface area (Å²) in [5.74, 6) is -0.273. The number of rotatable bonds is 4. The third kappa shape index (κ3) is 3.69. The minimum atomic E-state index is -0.659. The fraction of sp³-hybridized carbons (Fsp3) is 0.146. The number of hydrogen-bond donors (Lipinski definition) is 0. The van der Waals surface area contributed by atoms with Gasteiger partial charge in [-0.3, -0.25) is 4.79 Å². The van der Waals surface area contributed by atoms with Gasteiger partial charge in [-0.05, 0) is 70.0 Å². The predicted octanol–water partition coefficient (Wildman–Crippen LogP) is 8.59. The molecule has 0 amide bonds. The van der Waals surface area contributed by atoms with E-state index >= 15 is 4.79 Å². The number of likely N-dealkylation sites (N-methyl/N-ethyl adjacent to an activating group) is 1. The summed E-state index contributed by atoms with van der Waals surface area (Å²) in [5.41, 5.74) is 9.53. The number of para-hydroxylation sites is 1. The maximum Gasteiger partial charge on any atom is 0.173 e. The number of Topliss-reactive ketones (excluding diaryl/α,β-unsaturated/α-hetero) is 1. The summed E-state index contributed by atoms with van der Waals surface area (Å²) in [5, 5.41) is 0. The van der Waals surface area contributed by atoms with Crippen LogP contribution in [0, 0.1) is 5.92 Å². The minimum Gasteiger partial charge on any atom is -0.363 e. The lowest BCUT2D eigenvalue weighted by Gasteiger charge is -2.53. The number of anilines is 1. The van der Waals surface area contributed by atoms with Crippen molar-refractivity contribution in [3.05, 3.63) is 185 Å². The maximum atomic E-state index is 15.2. The molecule has 3 aliphatic rings. The third-order valence-electron chi connectivity index (χ3n) is 10.2. The summed E-state index contributed by atoms with van der Waals surface area (Å²) in [4.78, 5) is 17.7. The Labute approximate surface area is 253 Å². The van der Waals surface area contributed by atoms with E-state index in [1.807, 2.05) is 30.3 Å². The van der Waals surface area contributed by atoms with Crippen LogP contribution < -0.4 is 4.90 Å². The molecule has 2 atom stereocenters. The number of allylic oxidation sites excluding steroid dienone is 2. The molecular weight excluding hydrogens is 522 g/mol. The van der Waals surface area contributed by atoms with Gasteiger partial charge in [0.25, 0.3) is 0 Å². The van der Waals surface area contributed by atoms with Crippen molar-refractivity contribution in [2.45, 2.75) is 23.8 Å². The quantitative estimate of drug-likeness (QED) is 0.207. The topological polar surface area (TPSA) is 20.3 Å². The van der Waals surface area contributed by atoms with Crippen LogP contribution in [0.1, 0.15) is 38.2 Å². The molecule has 1 heterocycles. The molecule has 0 radical (unpaired) electrons. The molecule has 8 rings (SSSR count). The van der Waals surface area contributed by atoms with Crippen molar-refractivity contribution in [2.75, 3.05) is 11.9 Å². The first-order valence-electron chi connectivity index (χ1n) is 15.2. The van der Waals surface area contributed by atoms with Crippen LogP contribution in [0.25, 0.3) is 11.1 Å². The zero-order valence-corrected chi connectivity index (χ0v) is 24.3. The van der Waals surface area contributed by atoms with E-state index < -0.39 is 11.5 Å². The van der Waals surface area contributed by atoms with Gasteiger partial charge < -0.3 is 4.90 Å². The normalized spacial score (nSPS) is 21.3. The van der Waals surface area contributed by atoms with Crippen LogP contribution in [0.3, 0.4) is 0 Å². The fourth-order valence-electron chi connectivity index (χ4n) is 8.34. The van der Waals surface area contributed by atoms with Crippen LogP contribution in [0.2, 0.25) is 0 Å². The summed E-state index contributed by atoms with van der Waals surface area (Å²) in [6.07, 6.45) is 6.51. The molecule has 0 saturated carbocycles. The molecule has 0 fully saturated rings. The lowest BCUT2D eigenvalue weighted by Crippen LogP contribution is -2.63. The first-order chi connectivity index (χ1) is 21.1. The van der Waals surface area contributed by atoms with E-state index in [0.29, 0.717) is 0 Å². The Hall–Kier alpha value is -4.95. The van der Waals surface area contributed by atoms with Crippen molar-refractivity contribution >= 4 is 22.6 Å². The highest BCUT2D eigenvalue weighted by Gasteiger charge is 2.67. The number of carbonyl (C=O) groups is 1. The van der Waals surface area contributed by atoms with Gasteiger partial charge in [-0.25, -0.2) is 0 Å². The second-order valence-electron chi connectivity index (χ2n) is 12.2. The van der Waals surface area contributed by atoms with Gasteiger partial charge >= 0.3 is 0 Å². The van der Waals surface area contributed by atoms with E-state index in [1.54, 1.807) is 0 Å². The fourth-order valence-corrected chi connectivity index (χ4v) is 8.34. The van der Waals surface area contributed by atoms with Crippen molar-refractivity contribution in [1.82, 2.24) is 0 Å². The highest BCUT2D eigenvalue weighted by Crippen LogP contribution is 2.64. The van der Waals surface area contributed by atoms with Crippen LogP contribution in [0.5, 0.6) is 0 Å². The second kappa shape index (κ2) is 9.81. The molecule has 43 heavy (non-hydrogen) atoms. The number of hydrogen-bond acceptors (Lipinski definition) is 2. The van der Waals surface area contributed by atoms with Crippen molar-refractivity contribution in [2.24, 2.45) is 5.92 Å². The van der Waals surface area contributed by atoms with Crippen LogP contribution in [-0.4, -0.2) is 18.4 Å². The van der Waals surface area contributed by atoms with Gasteiger partial charge in [0.05, 0.1) is 11.5 Å². The second-order valence-corrected chi connectivity index (χ2v) is 12.2. The molecule has 1 aliphatic heterocycles. The van der Waals surface area contributed by atoms with Gasteiger partial charge in [-0.1, -0.05) is 133 Å². The van der Waals surface area contributed by atoms with E-state index in [4.69, 9.17) is 0 Å². The first-order valence-corrected chi connectivity index (χ1v) is 15.2. The van der Waals surface area contributed by atoms with E-state index in [9.17, 15) is 0 Å². The molecule has 5 aromatic rings. The van der Waals surface area contributed by atoms with Gasteiger partial charge in [0.15, 0.2) is 5.78 Å². The number of ketones is 1. The zero-order valence-electron chi connectivity index (χ0n) is 24.3. The van der Waals surface area contributed by atoms with Crippen LogP contribution in [0.4, 0.5) is 5.69 Å². The molecule has 0 N–H and O–H groups in total. The molecule has 5 aromatic carbocycles. The van der Waals surface area contributed by atoms with Crippen LogP contribution >= 0.6 is 0 Å². The zero-order chi connectivity index (χ0) is 29.0. The summed E-state index contributed by atoms with van der Waals surface area (Å²) in [6, 6.07) is 48.9. The minimum absolute atomic E-state index is 0.161. The molecule has 0 unspecified atom stereocenters. The van der Waals surface area contributed by atoms with E-state index in [2.05, 4.69) is 133 Å². The molecular formula is C41H33NO. The lowest BCUT2D eigenvalue weighted by molar-refractivity contribution is 0.0875. The monoisotopic (exact) mass is 555 g/mol. The highest BCUT2D eigenvalue weighted by molar-refractivity contribution is 6.10. The maximum absolute atomic E-state index is 15.2. The van der Waals surface area contributed by atoms with Crippen molar-refractivity contribution in [3.8, 4) is 0 Å². The predicted molar refractivity (Wildman–Crippen MR) is 176 cm³/mol. The smallest absolute Gasteiger partial charge is 0.173 e. The Morgan fingerprint density at radius 1 is 0.651 bits per heavy atom. The number of fused-ring (bicyclic) bond motifs is 4. The molecule has 0 bridgehead atoms. The summed E-state index contributed by atoms with van der Waals surface area (Å²) < 4.78 is 0. The Balaban J connectivity index is 1.48. The SMILES string of the molecule is CN1c2ccccc2C2(Cc3ccccc3C2)[C@]12C=C(c1ccccc1)C=C(c1ccccc1)[C@@H]2C(=O)c1ccccc1. The van der Waals surface area contributed by atoms with E-state index in [1.165, 1.54) is 22.4 Å². The van der Waals surface area contributed by atoms with Crippen LogP contribution in [-0.2, 0) is 18.3 Å². The summed E-state index contributed by atoms with van der Waals surface area (Å²) in [6.45, 7) is 0.